The lowest BCUT2D eigenvalue weighted by Crippen LogP contribution is -2.37. The molecule has 1 saturated heterocycles. The number of likely N-dealkylation sites (tertiary alicyclic amines) is 1. The second kappa shape index (κ2) is 5.50. The van der Waals surface area contributed by atoms with Crippen molar-refractivity contribution in [2.45, 2.75) is 25.5 Å². The number of amides is 1. The normalized spacial score (nSPS) is 23.8. The standard InChI is InChI=1S/C14H20N2O2/c1-10(17)12-7-8-16(9-12)13(14(15)18)11-5-3-2-4-6-11/h2-6,10,12-13,17H,7-9H2,1H3,(H2,15,18). The van der Waals surface area contributed by atoms with Crippen LogP contribution < -0.4 is 5.73 Å². The van der Waals surface area contributed by atoms with Crippen LogP contribution in [0.2, 0.25) is 0 Å². The van der Waals surface area contributed by atoms with Gasteiger partial charge in [0.25, 0.3) is 0 Å². The van der Waals surface area contributed by atoms with Crippen LogP contribution >= 0.6 is 0 Å². The maximum atomic E-state index is 11.7. The van der Waals surface area contributed by atoms with Gasteiger partial charge in [-0.3, -0.25) is 9.69 Å². The monoisotopic (exact) mass is 248 g/mol. The molecule has 4 heteroatoms. The fourth-order valence-electron chi connectivity index (χ4n) is 2.63. The molecule has 2 rings (SSSR count). The number of rotatable bonds is 4. The third-order valence-corrected chi connectivity index (χ3v) is 3.69. The maximum Gasteiger partial charge on any atom is 0.239 e. The molecule has 3 N–H and O–H groups in total. The highest BCUT2D eigenvalue weighted by Crippen LogP contribution is 2.28. The molecule has 1 aliphatic heterocycles. The van der Waals surface area contributed by atoms with Crippen molar-refractivity contribution in [3.8, 4) is 0 Å². The van der Waals surface area contributed by atoms with Gasteiger partial charge in [-0.25, -0.2) is 0 Å². The molecule has 3 unspecified atom stereocenters. The molecular formula is C14H20N2O2. The molecule has 1 fully saturated rings. The van der Waals surface area contributed by atoms with Crippen molar-refractivity contribution >= 4 is 5.91 Å². The number of nitrogens with zero attached hydrogens (tertiary/aromatic N) is 1. The van der Waals surface area contributed by atoms with Gasteiger partial charge in [-0.1, -0.05) is 30.3 Å². The topological polar surface area (TPSA) is 66.6 Å². The lowest BCUT2D eigenvalue weighted by Gasteiger charge is -2.26. The molecule has 1 amide bonds. The minimum atomic E-state index is -0.380. The van der Waals surface area contributed by atoms with Gasteiger partial charge >= 0.3 is 0 Å². The molecule has 0 spiro atoms. The number of aliphatic hydroxyl groups excluding tert-OH is 1. The van der Waals surface area contributed by atoms with Crippen LogP contribution in [0.15, 0.2) is 30.3 Å². The van der Waals surface area contributed by atoms with Crippen molar-refractivity contribution in [2.24, 2.45) is 11.7 Å². The number of hydrogen-bond donors (Lipinski definition) is 2. The molecule has 0 radical (unpaired) electrons. The SMILES string of the molecule is CC(O)C1CCN(C(C(N)=O)c2ccccc2)C1. The van der Waals surface area contributed by atoms with E-state index in [1.54, 1.807) is 6.92 Å². The molecule has 4 nitrogen and oxygen atoms in total. The number of benzene rings is 1. The highest BCUT2D eigenvalue weighted by atomic mass is 16.3. The third kappa shape index (κ3) is 2.71. The lowest BCUT2D eigenvalue weighted by molar-refractivity contribution is -0.123. The summed E-state index contributed by atoms with van der Waals surface area (Å²) in [5, 5.41) is 9.62. The minimum absolute atomic E-state index is 0.232. The van der Waals surface area contributed by atoms with Gasteiger partial charge in [0.2, 0.25) is 5.91 Å². The van der Waals surface area contributed by atoms with Crippen LogP contribution in [0, 0.1) is 5.92 Å². The fourth-order valence-corrected chi connectivity index (χ4v) is 2.63. The molecule has 0 aromatic heterocycles. The Morgan fingerprint density at radius 3 is 2.61 bits per heavy atom. The van der Waals surface area contributed by atoms with Crippen LogP contribution in [0.4, 0.5) is 0 Å². The Bertz CT molecular complexity index is 406. The first-order valence-corrected chi connectivity index (χ1v) is 6.36. The quantitative estimate of drug-likeness (QED) is 0.832. The number of primary amides is 1. The van der Waals surface area contributed by atoms with Crippen molar-refractivity contribution in [2.75, 3.05) is 13.1 Å². The predicted molar refractivity (Wildman–Crippen MR) is 69.7 cm³/mol. The Morgan fingerprint density at radius 2 is 2.11 bits per heavy atom. The summed E-state index contributed by atoms with van der Waals surface area (Å²) in [7, 11) is 0. The molecule has 3 atom stereocenters. The van der Waals surface area contributed by atoms with E-state index in [-0.39, 0.29) is 24.0 Å². The predicted octanol–water partition coefficient (Wildman–Crippen LogP) is 0.916. The molecule has 98 valence electrons. The van der Waals surface area contributed by atoms with E-state index in [0.29, 0.717) is 0 Å². The average molecular weight is 248 g/mol. The summed E-state index contributed by atoms with van der Waals surface area (Å²) in [6, 6.07) is 9.21. The molecule has 0 saturated carbocycles. The first kappa shape index (κ1) is 13.1. The third-order valence-electron chi connectivity index (χ3n) is 3.69. The molecule has 1 heterocycles. The lowest BCUT2D eigenvalue weighted by atomic mass is 10.0. The van der Waals surface area contributed by atoms with Crippen molar-refractivity contribution in [1.82, 2.24) is 4.90 Å². The van der Waals surface area contributed by atoms with Crippen LogP contribution in [0.3, 0.4) is 0 Å². The van der Waals surface area contributed by atoms with Crippen LogP contribution in [0.5, 0.6) is 0 Å². The average Bonchev–Trinajstić information content (AvgIpc) is 2.79. The molecule has 1 aromatic carbocycles. The number of aliphatic hydroxyl groups is 1. The van der Waals surface area contributed by atoms with Gasteiger partial charge < -0.3 is 10.8 Å². The van der Waals surface area contributed by atoms with Crippen molar-refractivity contribution < 1.29 is 9.90 Å². The second-order valence-electron chi connectivity index (χ2n) is 5.00. The Kier molecular flexibility index (Phi) is 3.99. The van der Waals surface area contributed by atoms with Gasteiger partial charge in [0, 0.05) is 6.54 Å². The summed E-state index contributed by atoms with van der Waals surface area (Å²) in [5.74, 6) is -0.0944. The zero-order chi connectivity index (χ0) is 13.1. The zero-order valence-electron chi connectivity index (χ0n) is 10.6. The van der Waals surface area contributed by atoms with E-state index in [2.05, 4.69) is 4.90 Å². The number of carbonyl (C=O) groups excluding carboxylic acids is 1. The van der Waals surface area contributed by atoms with Gasteiger partial charge in [0.05, 0.1) is 6.10 Å². The van der Waals surface area contributed by atoms with Crippen LogP contribution in [0.1, 0.15) is 24.9 Å². The van der Waals surface area contributed by atoms with Crippen LogP contribution in [0.25, 0.3) is 0 Å². The summed E-state index contributed by atoms with van der Waals surface area (Å²) < 4.78 is 0. The summed E-state index contributed by atoms with van der Waals surface area (Å²) >= 11 is 0. The smallest absolute Gasteiger partial charge is 0.239 e. The number of hydrogen-bond acceptors (Lipinski definition) is 3. The van der Waals surface area contributed by atoms with Gasteiger partial charge in [-0.05, 0) is 31.4 Å². The molecule has 0 aliphatic carbocycles. The van der Waals surface area contributed by atoms with Crippen LogP contribution in [-0.2, 0) is 4.79 Å². The maximum absolute atomic E-state index is 11.7. The van der Waals surface area contributed by atoms with Crippen LogP contribution in [-0.4, -0.2) is 35.1 Å². The first-order chi connectivity index (χ1) is 8.59. The van der Waals surface area contributed by atoms with Gasteiger partial charge in [-0.15, -0.1) is 0 Å². The van der Waals surface area contributed by atoms with E-state index in [4.69, 9.17) is 5.73 Å². The highest BCUT2D eigenvalue weighted by Gasteiger charge is 2.33. The van der Waals surface area contributed by atoms with E-state index < -0.39 is 0 Å². The Labute approximate surface area is 107 Å². The van der Waals surface area contributed by atoms with E-state index in [1.165, 1.54) is 0 Å². The Hall–Kier alpha value is -1.39. The Balaban J connectivity index is 2.16. The van der Waals surface area contributed by atoms with E-state index >= 15 is 0 Å². The summed E-state index contributed by atoms with van der Waals surface area (Å²) in [5.41, 5.74) is 6.45. The minimum Gasteiger partial charge on any atom is -0.393 e. The molecule has 1 aliphatic rings. The molecular weight excluding hydrogens is 228 g/mol. The van der Waals surface area contributed by atoms with Gasteiger partial charge in [-0.2, -0.15) is 0 Å². The van der Waals surface area contributed by atoms with Gasteiger partial charge in [0.1, 0.15) is 6.04 Å². The second-order valence-corrected chi connectivity index (χ2v) is 5.00. The summed E-state index contributed by atoms with van der Waals surface area (Å²) in [6.45, 7) is 3.33. The van der Waals surface area contributed by atoms with Crippen molar-refractivity contribution in [3.05, 3.63) is 35.9 Å². The van der Waals surface area contributed by atoms with Crippen molar-refractivity contribution in [3.63, 3.8) is 0 Å². The van der Waals surface area contributed by atoms with E-state index in [1.807, 2.05) is 30.3 Å². The summed E-state index contributed by atoms with van der Waals surface area (Å²) in [6.07, 6.45) is 0.577. The van der Waals surface area contributed by atoms with Crippen molar-refractivity contribution in [1.29, 1.82) is 0 Å². The van der Waals surface area contributed by atoms with Gasteiger partial charge in [0.15, 0.2) is 0 Å². The van der Waals surface area contributed by atoms with E-state index in [9.17, 15) is 9.90 Å². The first-order valence-electron chi connectivity index (χ1n) is 6.36. The number of nitrogens with two attached hydrogens (primary N) is 1. The number of carbonyl (C=O) groups is 1. The fraction of sp³-hybridized carbons (Fsp3) is 0.500. The zero-order valence-corrected chi connectivity index (χ0v) is 10.6. The Morgan fingerprint density at radius 1 is 1.44 bits per heavy atom. The molecule has 0 bridgehead atoms. The highest BCUT2D eigenvalue weighted by molar-refractivity contribution is 5.81. The molecule has 18 heavy (non-hydrogen) atoms. The molecule has 1 aromatic rings. The van der Waals surface area contributed by atoms with E-state index in [0.717, 1.165) is 25.1 Å². The summed E-state index contributed by atoms with van der Waals surface area (Å²) in [4.78, 5) is 13.7. The largest absolute Gasteiger partial charge is 0.393 e.